The fourth-order valence-corrected chi connectivity index (χ4v) is 2.37. The van der Waals surface area contributed by atoms with Crippen LogP contribution in [0.15, 0.2) is 30.7 Å². The second-order valence-electron chi connectivity index (χ2n) is 5.21. The molecule has 0 radical (unpaired) electrons. The predicted octanol–water partition coefficient (Wildman–Crippen LogP) is 1.26. The molecule has 0 saturated carbocycles. The number of nitrogens with zero attached hydrogens (tertiary/aromatic N) is 5. The van der Waals surface area contributed by atoms with Gasteiger partial charge in [0, 0.05) is 44.4 Å². The van der Waals surface area contributed by atoms with Gasteiger partial charge in [-0.1, -0.05) is 0 Å². The van der Waals surface area contributed by atoms with E-state index in [0.29, 0.717) is 24.7 Å². The van der Waals surface area contributed by atoms with Crippen LogP contribution >= 0.6 is 0 Å². The third-order valence-electron chi connectivity index (χ3n) is 3.57. The number of carbonyl (C=O) groups excluding carboxylic acids is 1. The van der Waals surface area contributed by atoms with Crippen LogP contribution in [0.3, 0.4) is 0 Å². The molecule has 1 saturated heterocycles. The van der Waals surface area contributed by atoms with Crippen LogP contribution in [0.2, 0.25) is 0 Å². The monoisotopic (exact) mass is 299 g/mol. The zero-order chi connectivity index (χ0) is 15.4. The lowest BCUT2D eigenvalue weighted by atomic mass is 10.1. The van der Waals surface area contributed by atoms with Crippen molar-refractivity contribution in [2.45, 2.75) is 25.9 Å². The van der Waals surface area contributed by atoms with Gasteiger partial charge in [-0.2, -0.15) is 5.10 Å². The summed E-state index contributed by atoms with van der Waals surface area (Å²) in [5.74, 6) is 0.450. The van der Waals surface area contributed by atoms with E-state index in [9.17, 15) is 4.79 Å². The van der Waals surface area contributed by atoms with Crippen molar-refractivity contribution >= 4 is 5.91 Å². The molecule has 0 atom stereocenters. The van der Waals surface area contributed by atoms with Gasteiger partial charge in [0.25, 0.3) is 5.91 Å². The molecule has 1 amide bonds. The highest BCUT2D eigenvalue weighted by Crippen LogP contribution is 2.18. The van der Waals surface area contributed by atoms with Gasteiger partial charge in [0.2, 0.25) is 5.88 Å². The van der Waals surface area contributed by atoms with Crippen molar-refractivity contribution in [3.63, 3.8) is 0 Å². The van der Waals surface area contributed by atoms with Crippen LogP contribution < -0.4 is 4.74 Å². The van der Waals surface area contributed by atoms with Gasteiger partial charge >= 0.3 is 0 Å². The molecule has 0 aromatic carbocycles. The number of hydrogen-bond donors (Lipinski definition) is 0. The maximum atomic E-state index is 12.3. The predicted molar refractivity (Wildman–Crippen MR) is 78.4 cm³/mol. The summed E-state index contributed by atoms with van der Waals surface area (Å²) in [6.45, 7) is 3.16. The first-order valence-corrected chi connectivity index (χ1v) is 7.24. The van der Waals surface area contributed by atoms with E-state index < -0.39 is 0 Å². The third kappa shape index (κ3) is 3.36. The minimum Gasteiger partial charge on any atom is -0.473 e. The SMILES string of the molecule is Cc1ccc(OC2CCN(C(=O)c3cnccn3)CC2)nn1. The van der Waals surface area contributed by atoms with Gasteiger partial charge in [-0.05, 0) is 13.0 Å². The van der Waals surface area contributed by atoms with E-state index in [0.717, 1.165) is 18.5 Å². The van der Waals surface area contributed by atoms with E-state index in [2.05, 4.69) is 20.2 Å². The van der Waals surface area contributed by atoms with Crippen LogP contribution in [0.25, 0.3) is 0 Å². The van der Waals surface area contributed by atoms with Crippen molar-refractivity contribution in [2.75, 3.05) is 13.1 Å². The molecule has 7 nitrogen and oxygen atoms in total. The average molecular weight is 299 g/mol. The van der Waals surface area contributed by atoms with E-state index in [1.165, 1.54) is 12.4 Å². The van der Waals surface area contributed by atoms with Crippen molar-refractivity contribution in [1.82, 2.24) is 25.1 Å². The molecule has 0 aliphatic carbocycles. The summed E-state index contributed by atoms with van der Waals surface area (Å²) in [6.07, 6.45) is 6.16. The Morgan fingerprint density at radius 2 is 2.05 bits per heavy atom. The van der Waals surface area contributed by atoms with Gasteiger partial charge in [0.1, 0.15) is 11.8 Å². The minimum atomic E-state index is -0.0818. The highest BCUT2D eigenvalue weighted by Gasteiger charge is 2.25. The summed E-state index contributed by atoms with van der Waals surface area (Å²) >= 11 is 0. The van der Waals surface area contributed by atoms with E-state index in [1.54, 1.807) is 11.1 Å². The van der Waals surface area contributed by atoms with E-state index >= 15 is 0 Å². The maximum Gasteiger partial charge on any atom is 0.274 e. The molecule has 7 heteroatoms. The molecule has 2 aromatic rings. The third-order valence-corrected chi connectivity index (χ3v) is 3.57. The standard InChI is InChI=1S/C15H17N5O2/c1-11-2-3-14(19-18-11)22-12-4-8-20(9-5-12)15(21)13-10-16-6-7-17-13/h2-3,6-7,10,12H,4-5,8-9H2,1H3. The lowest BCUT2D eigenvalue weighted by Gasteiger charge is -2.31. The minimum absolute atomic E-state index is 0.0583. The van der Waals surface area contributed by atoms with Crippen LogP contribution in [0, 0.1) is 6.92 Å². The van der Waals surface area contributed by atoms with Crippen LogP contribution in [-0.2, 0) is 0 Å². The normalized spacial score (nSPS) is 15.6. The number of likely N-dealkylation sites (tertiary alicyclic amines) is 1. The number of hydrogen-bond acceptors (Lipinski definition) is 6. The molecule has 22 heavy (non-hydrogen) atoms. The summed E-state index contributed by atoms with van der Waals surface area (Å²) in [5.41, 5.74) is 1.24. The lowest BCUT2D eigenvalue weighted by Crippen LogP contribution is -2.42. The lowest BCUT2D eigenvalue weighted by molar-refractivity contribution is 0.0580. The number of ether oxygens (including phenoxy) is 1. The van der Waals surface area contributed by atoms with Crippen LogP contribution in [0.4, 0.5) is 0 Å². The topological polar surface area (TPSA) is 81.1 Å². The summed E-state index contributed by atoms with van der Waals surface area (Å²) < 4.78 is 5.80. The molecule has 114 valence electrons. The van der Waals surface area contributed by atoms with Crippen molar-refractivity contribution in [2.24, 2.45) is 0 Å². The largest absolute Gasteiger partial charge is 0.473 e. The average Bonchev–Trinajstić information content (AvgIpc) is 2.58. The second kappa shape index (κ2) is 6.46. The van der Waals surface area contributed by atoms with Crippen LogP contribution in [0.5, 0.6) is 5.88 Å². The molecule has 3 rings (SSSR count). The number of amides is 1. The Kier molecular flexibility index (Phi) is 4.22. The first-order chi connectivity index (χ1) is 10.7. The van der Waals surface area contributed by atoms with Crippen molar-refractivity contribution in [1.29, 1.82) is 0 Å². The Balaban J connectivity index is 1.54. The van der Waals surface area contributed by atoms with E-state index in [1.807, 2.05) is 19.1 Å². The van der Waals surface area contributed by atoms with Gasteiger partial charge < -0.3 is 9.64 Å². The van der Waals surface area contributed by atoms with Crippen molar-refractivity contribution < 1.29 is 9.53 Å². The molecule has 0 unspecified atom stereocenters. The van der Waals surface area contributed by atoms with Crippen molar-refractivity contribution in [3.05, 3.63) is 42.1 Å². The zero-order valence-electron chi connectivity index (χ0n) is 12.3. The molecule has 0 spiro atoms. The molecule has 3 heterocycles. The Morgan fingerprint density at radius 3 is 2.68 bits per heavy atom. The first kappa shape index (κ1) is 14.4. The number of rotatable bonds is 3. The highest BCUT2D eigenvalue weighted by molar-refractivity contribution is 5.92. The molecule has 1 aliphatic rings. The summed E-state index contributed by atoms with van der Waals surface area (Å²) in [6, 6.07) is 3.69. The van der Waals surface area contributed by atoms with Gasteiger partial charge in [-0.25, -0.2) is 4.98 Å². The molecule has 0 N–H and O–H groups in total. The molecule has 1 fully saturated rings. The molecule has 2 aromatic heterocycles. The Hall–Kier alpha value is -2.57. The zero-order valence-corrected chi connectivity index (χ0v) is 12.3. The molecule has 1 aliphatic heterocycles. The van der Waals surface area contributed by atoms with Gasteiger partial charge in [0.15, 0.2) is 0 Å². The quantitative estimate of drug-likeness (QED) is 0.848. The molecular formula is C15H17N5O2. The Morgan fingerprint density at radius 1 is 1.23 bits per heavy atom. The molecule has 0 bridgehead atoms. The van der Waals surface area contributed by atoms with E-state index in [-0.39, 0.29) is 12.0 Å². The first-order valence-electron chi connectivity index (χ1n) is 7.24. The number of aromatic nitrogens is 4. The van der Waals surface area contributed by atoms with E-state index in [4.69, 9.17) is 4.74 Å². The van der Waals surface area contributed by atoms with Crippen LogP contribution in [-0.4, -0.2) is 50.2 Å². The van der Waals surface area contributed by atoms with Crippen molar-refractivity contribution in [3.8, 4) is 5.88 Å². The summed E-state index contributed by atoms with van der Waals surface area (Å²) in [5, 5.41) is 7.98. The second-order valence-corrected chi connectivity index (χ2v) is 5.21. The number of piperidine rings is 1. The number of carbonyl (C=O) groups is 1. The smallest absolute Gasteiger partial charge is 0.274 e. The van der Waals surface area contributed by atoms with Gasteiger partial charge in [0.05, 0.1) is 11.9 Å². The summed E-state index contributed by atoms with van der Waals surface area (Å²) in [7, 11) is 0. The fraction of sp³-hybridized carbons (Fsp3) is 0.400. The fourth-order valence-electron chi connectivity index (χ4n) is 2.37. The number of aryl methyl sites for hydroxylation is 1. The Bertz CT molecular complexity index is 624. The Labute approximate surface area is 128 Å². The van der Waals surface area contributed by atoms with Gasteiger partial charge in [-0.3, -0.25) is 9.78 Å². The van der Waals surface area contributed by atoms with Gasteiger partial charge in [-0.15, -0.1) is 5.10 Å². The maximum absolute atomic E-state index is 12.3. The van der Waals surface area contributed by atoms with Crippen LogP contribution in [0.1, 0.15) is 29.0 Å². The summed E-state index contributed by atoms with van der Waals surface area (Å²) in [4.78, 5) is 22.0. The highest BCUT2D eigenvalue weighted by atomic mass is 16.5. The molecular weight excluding hydrogens is 282 g/mol.